The predicted octanol–water partition coefficient (Wildman–Crippen LogP) is 6.24. The minimum absolute atomic E-state index is 0.0224. The fourth-order valence-corrected chi connectivity index (χ4v) is 2.66. The van der Waals surface area contributed by atoms with Crippen LogP contribution in [0.3, 0.4) is 0 Å². The van der Waals surface area contributed by atoms with Crippen LogP contribution in [0.2, 0.25) is 0 Å². The van der Waals surface area contributed by atoms with Gasteiger partial charge in [-0.25, -0.2) is 9.18 Å². The maximum absolute atomic E-state index is 14.3. The smallest absolute Gasteiger partial charge is 0.416 e. The average molecular weight is 465 g/mol. The minimum Gasteiger partial charge on any atom is -0.444 e. The highest BCUT2D eigenvalue weighted by molar-refractivity contribution is 6.05. The molecule has 0 spiro atoms. The molecule has 2 rings (SSSR count). The lowest BCUT2D eigenvalue weighted by atomic mass is 9.84. The SMILES string of the molecule is CC(C)(C)OC(=O)Nc1ccc(F)c(NC(=O)c2cc(C(F)(F)F)cc(C(C)(C)C#N)c2)c1. The van der Waals surface area contributed by atoms with Crippen LogP contribution in [-0.2, 0) is 16.3 Å². The maximum Gasteiger partial charge on any atom is 0.416 e. The van der Waals surface area contributed by atoms with Crippen LogP contribution in [0.4, 0.5) is 33.7 Å². The summed E-state index contributed by atoms with van der Waals surface area (Å²) in [6.07, 6.45) is -5.58. The van der Waals surface area contributed by atoms with Crippen molar-refractivity contribution in [1.82, 2.24) is 0 Å². The lowest BCUT2D eigenvalue weighted by Crippen LogP contribution is -2.27. The van der Waals surface area contributed by atoms with E-state index in [1.165, 1.54) is 19.9 Å². The van der Waals surface area contributed by atoms with Gasteiger partial charge in [-0.1, -0.05) is 0 Å². The number of halogens is 4. The Balaban J connectivity index is 2.37. The number of alkyl halides is 3. The van der Waals surface area contributed by atoms with Crippen molar-refractivity contribution in [2.24, 2.45) is 0 Å². The van der Waals surface area contributed by atoms with Crippen LogP contribution in [0, 0.1) is 17.1 Å². The van der Waals surface area contributed by atoms with Crippen LogP contribution in [0.5, 0.6) is 0 Å². The van der Waals surface area contributed by atoms with Gasteiger partial charge in [-0.15, -0.1) is 0 Å². The number of amides is 2. The molecule has 33 heavy (non-hydrogen) atoms. The Labute approximate surface area is 188 Å². The van der Waals surface area contributed by atoms with Crippen molar-refractivity contribution in [3.63, 3.8) is 0 Å². The van der Waals surface area contributed by atoms with E-state index in [0.29, 0.717) is 6.07 Å². The van der Waals surface area contributed by atoms with Crippen molar-refractivity contribution in [3.05, 3.63) is 58.9 Å². The Morgan fingerprint density at radius 3 is 2.09 bits per heavy atom. The molecule has 0 aliphatic rings. The number of ether oxygens (including phenoxy) is 1. The largest absolute Gasteiger partial charge is 0.444 e. The fourth-order valence-electron chi connectivity index (χ4n) is 2.66. The molecule has 0 aliphatic carbocycles. The van der Waals surface area contributed by atoms with Gasteiger partial charge in [0.05, 0.1) is 22.7 Å². The van der Waals surface area contributed by atoms with Crippen LogP contribution in [0.25, 0.3) is 0 Å². The van der Waals surface area contributed by atoms with E-state index >= 15 is 0 Å². The van der Waals surface area contributed by atoms with Gasteiger partial charge in [-0.05, 0) is 76.6 Å². The summed E-state index contributed by atoms with van der Waals surface area (Å²) in [5.74, 6) is -1.90. The highest BCUT2D eigenvalue weighted by Gasteiger charge is 2.34. The summed E-state index contributed by atoms with van der Waals surface area (Å²) in [4.78, 5) is 24.6. The van der Waals surface area contributed by atoms with Crippen molar-refractivity contribution in [1.29, 1.82) is 5.26 Å². The van der Waals surface area contributed by atoms with Gasteiger partial charge in [0, 0.05) is 11.3 Å². The Hall–Kier alpha value is -3.61. The first kappa shape index (κ1) is 25.6. The van der Waals surface area contributed by atoms with Crippen molar-refractivity contribution < 1.29 is 31.9 Å². The number of hydrogen-bond acceptors (Lipinski definition) is 4. The molecule has 0 saturated carbocycles. The van der Waals surface area contributed by atoms with E-state index in [9.17, 15) is 32.4 Å². The number of hydrogen-bond donors (Lipinski definition) is 2. The van der Waals surface area contributed by atoms with E-state index in [2.05, 4.69) is 10.6 Å². The third-order valence-electron chi connectivity index (χ3n) is 4.38. The molecule has 0 bridgehead atoms. The molecule has 0 fully saturated rings. The predicted molar refractivity (Wildman–Crippen MR) is 114 cm³/mol. The number of nitrogens with one attached hydrogen (secondary N) is 2. The van der Waals surface area contributed by atoms with Crippen LogP contribution in [-0.4, -0.2) is 17.6 Å². The molecule has 2 aromatic rings. The Morgan fingerprint density at radius 2 is 1.55 bits per heavy atom. The van der Waals surface area contributed by atoms with E-state index in [4.69, 9.17) is 4.74 Å². The quantitative estimate of drug-likeness (QED) is 0.523. The van der Waals surface area contributed by atoms with Gasteiger partial charge in [-0.2, -0.15) is 18.4 Å². The molecule has 0 heterocycles. The van der Waals surface area contributed by atoms with E-state index in [-0.39, 0.29) is 16.9 Å². The molecule has 6 nitrogen and oxygen atoms in total. The third-order valence-corrected chi connectivity index (χ3v) is 4.38. The van der Waals surface area contributed by atoms with Crippen molar-refractivity contribution >= 4 is 23.4 Å². The zero-order chi connectivity index (χ0) is 25.2. The van der Waals surface area contributed by atoms with Crippen molar-refractivity contribution in [3.8, 4) is 6.07 Å². The summed E-state index contributed by atoms with van der Waals surface area (Å²) >= 11 is 0. The fraction of sp³-hybridized carbons (Fsp3) is 0.348. The number of nitriles is 1. The zero-order valence-electron chi connectivity index (χ0n) is 18.6. The van der Waals surface area contributed by atoms with Gasteiger partial charge in [0.15, 0.2) is 0 Å². The van der Waals surface area contributed by atoms with Crippen LogP contribution >= 0.6 is 0 Å². The van der Waals surface area contributed by atoms with Crippen LogP contribution in [0.15, 0.2) is 36.4 Å². The standard InChI is InChI=1S/C23H23F4N3O3/c1-21(2,3)33-20(32)29-16-6-7-17(24)18(11-16)30-19(31)13-8-14(22(4,5)12-28)10-15(9-13)23(25,26)27/h6-11H,1-5H3,(H,29,32)(H,30,31). The molecule has 2 aromatic carbocycles. The highest BCUT2D eigenvalue weighted by Crippen LogP contribution is 2.34. The number of carbonyl (C=O) groups excluding carboxylic acids is 2. The molecule has 176 valence electrons. The van der Waals surface area contributed by atoms with Crippen molar-refractivity contribution in [2.45, 2.75) is 51.8 Å². The monoisotopic (exact) mass is 465 g/mol. The second-order valence-corrected chi connectivity index (χ2v) is 8.81. The molecule has 0 aliphatic heterocycles. The Kier molecular flexibility index (Phi) is 7.07. The lowest BCUT2D eigenvalue weighted by molar-refractivity contribution is -0.137. The summed E-state index contributed by atoms with van der Waals surface area (Å²) in [5, 5.41) is 13.9. The molecule has 0 aromatic heterocycles. The van der Waals surface area contributed by atoms with Gasteiger partial charge in [0.1, 0.15) is 11.4 Å². The summed E-state index contributed by atoms with van der Waals surface area (Å²) in [5.41, 5.74) is -3.91. The summed E-state index contributed by atoms with van der Waals surface area (Å²) in [6, 6.07) is 7.76. The first-order valence-corrected chi connectivity index (χ1v) is 9.77. The lowest BCUT2D eigenvalue weighted by Gasteiger charge is -2.20. The maximum atomic E-state index is 14.3. The third kappa shape index (κ3) is 6.94. The second-order valence-electron chi connectivity index (χ2n) is 8.81. The van der Waals surface area contributed by atoms with Crippen LogP contribution in [0.1, 0.15) is 56.1 Å². The number of anilines is 2. The number of carbonyl (C=O) groups is 2. The van der Waals surface area contributed by atoms with Gasteiger partial charge < -0.3 is 10.1 Å². The van der Waals surface area contributed by atoms with Gasteiger partial charge >= 0.3 is 12.3 Å². The van der Waals surface area contributed by atoms with Gasteiger partial charge in [0.25, 0.3) is 5.91 Å². The molecular formula is C23H23F4N3O3. The number of nitrogens with zero attached hydrogens (tertiary/aromatic N) is 1. The van der Waals surface area contributed by atoms with E-state index in [1.54, 1.807) is 20.8 Å². The first-order valence-electron chi connectivity index (χ1n) is 9.77. The second kappa shape index (κ2) is 9.10. The first-order chi connectivity index (χ1) is 15.0. The summed E-state index contributed by atoms with van der Waals surface area (Å²) in [6.45, 7) is 7.78. The van der Waals surface area contributed by atoms with Crippen molar-refractivity contribution in [2.75, 3.05) is 10.6 Å². The Bertz CT molecular complexity index is 1110. The summed E-state index contributed by atoms with van der Waals surface area (Å²) in [7, 11) is 0. The highest BCUT2D eigenvalue weighted by atomic mass is 19.4. The molecule has 0 saturated heterocycles. The van der Waals surface area contributed by atoms with Crippen LogP contribution < -0.4 is 10.6 Å². The molecule has 0 radical (unpaired) electrons. The van der Waals surface area contributed by atoms with Gasteiger partial charge in [0.2, 0.25) is 0 Å². The minimum atomic E-state index is -4.76. The molecule has 2 N–H and O–H groups in total. The molecular weight excluding hydrogens is 442 g/mol. The van der Waals surface area contributed by atoms with E-state index in [1.807, 2.05) is 6.07 Å². The molecule has 10 heteroatoms. The van der Waals surface area contributed by atoms with Gasteiger partial charge in [-0.3, -0.25) is 10.1 Å². The topological polar surface area (TPSA) is 91.2 Å². The number of rotatable bonds is 4. The normalized spacial score (nSPS) is 12.0. The average Bonchev–Trinajstić information content (AvgIpc) is 2.68. The number of benzene rings is 2. The van der Waals surface area contributed by atoms with E-state index in [0.717, 1.165) is 24.3 Å². The molecule has 0 atom stereocenters. The zero-order valence-corrected chi connectivity index (χ0v) is 18.6. The summed E-state index contributed by atoms with van der Waals surface area (Å²) < 4.78 is 59.4. The molecule has 0 unspecified atom stereocenters. The molecule has 2 amide bonds. The van der Waals surface area contributed by atoms with E-state index < -0.39 is 46.1 Å². The Morgan fingerprint density at radius 1 is 0.939 bits per heavy atom.